The van der Waals surface area contributed by atoms with Gasteiger partial charge in [0.25, 0.3) is 5.91 Å². The highest BCUT2D eigenvalue weighted by Crippen LogP contribution is 2.26. The number of amides is 2. The molecule has 160 valence electrons. The topological polar surface area (TPSA) is 58.2 Å². The maximum absolute atomic E-state index is 12.6. The average molecular weight is 552 g/mol. The number of hydrogen-bond donors (Lipinski definition) is 2. The van der Waals surface area contributed by atoms with Crippen molar-refractivity contribution in [2.45, 2.75) is 17.1 Å². The smallest absolute Gasteiger partial charge is 0.255 e. The molecule has 0 spiro atoms. The van der Waals surface area contributed by atoms with Crippen LogP contribution in [-0.4, -0.2) is 17.1 Å². The molecule has 4 nitrogen and oxygen atoms in total. The summed E-state index contributed by atoms with van der Waals surface area (Å²) in [6, 6.07) is 28.9. The summed E-state index contributed by atoms with van der Waals surface area (Å²) in [6.45, 7) is 1.88. The van der Waals surface area contributed by atoms with E-state index in [2.05, 4.69) is 33.2 Å². The zero-order valence-electron chi connectivity index (χ0n) is 17.3. The second-order valence-electron chi connectivity index (χ2n) is 7.30. The van der Waals surface area contributed by atoms with Crippen molar-refractivity contribution in [2.24, 2.45) is 0 Å². The van der Waals surface area contributed by atoms with Crippen LogP contribution in [0.5, 0.6) is 0 Å². The third-order valence-corrected chi connectivity index (χ3v) is 6.75. The van der Waals surface area contributed by atoms with E-state index in [0.29, 0.717) is 11.3 Å². The second-order valence-corrected chi connectivity index (χ2v) is 9.96. The average Bonchev–Trinajstić information content (AvgIpc) is 2.81. The van der Waals surface area contributed by atoms with Crippen LogP contribution in [0, 0.1) is 3.57 Å². The Kier molecular flexibility index (Phi) is 7.12. The van der Waals surface area contributed by atoms with E-state index in [1.807, 2.05) is 97.9 Å². The van der Waals surface area contributed by atoms with E-state index in [9.17, 15) is 9.59 Å². The number of nitrogens with one attached hydrogen (secondary N) is 2. The zero-order valence-corrected chi connectivity index (χ0v) is 20.3. The first-order valence-corrected chi connectivity index (χ1v) is 12.1. The van der Waals surface area contributed by atoms with E-state index >= 15 is 0 Å². The Balaban J connectivity index is 1.35. The van der Waals surface area contributed by atoms with Gasteiger partial charge in [-0.3, -0.25) is 9.59 Å². The van der Waals surface area contributed by atoms with Gasteiger partial charge in [0.15, 0.2) is 0 Å². The standard InChI is InChI=1S/C26H21IN2O2S/c1-17(25(30)28-22-10-8-21(27)9-11-22)32-24-14-12-23(13-15-24)29-26(31)20-7-6-18-4-2-3-5-19(18)16-20/h2-17H,1H3,(H,28,30)(H,29,31). The Morgan fingerprint density at radius 3 is 2.12 bits per heavy atom. The first-order chi connectivity index (χ1) is 15.5. The molecular weight excluding hydrogens is 531 g/mol. The summed E-state index contributed by atoms with van der Waals surface area (Å²) in [7, 11) is 0. The molecule has 0 radical (unpaired) electrons. The van der Waals surface area contributed by atoms with Gasteiger partial charge in [-0.15, -0.1) is 11.8 Å². The Labute approximate surface area is 204 Å². The Morgan fingerprint density at radius 2 is 1.41 bits per heavy atom. The molecule has 4 aromatic rings. The van der Waals surface area contributed by atoms with Crippen LogP contribution in [0.1, 0.15) is 17.3 Å². The van der Waals surface area contributed by atoms with Crippen molar-refractivity contribution in [3.8, 4) is 0 Å². The van der Waals surface area contributed by atoms with Gasteiger partial charge in [-0.2, -0.15) is 0 Å². The lowest BCUT2D eigenvalue weighted by Gasteiger charge is -2.13. The van der Waals surface area contributed by atoms with Crippen LogP contribution in [0.25, 0.3) is 10.8 Å². The van der Waals surface area contributed by atoms with E-state index in [4.69, 9.17) is 0 Å². The molecule has 0 saturated heterocycles. The molecule has 6 heteroatoms. The maximum Gasteiger partial charge on any atom is 0.255 e. The van der Waals surface area contributed by atoms with Crippen molar-refractivity contribution in [3.05, 3.63) is 100 Å². The quantitative estimate of drug-likeness (QED) is 0.204. The van der Waals surface area contributed by atoms with Crippen LogP contribution in [0.4, 0.5) is 11.4 Å². The molecular formula is C26H21IN2O2S. The molecule has 1 unspecified atom stereocenters. The summed E-state index contributed by atoms with van der Waals surface area (Å²) in [6.07, 6.45) is 0. The van der Waals surface area contributed by atoms with E-state index in [1.54, 1.807) is 0 Å². The minimum absolute atomic E-state index is 0.0510. The number of rotatable bonds is 6. The lowest BCUT2D eigenvalue weighted by atomic mass is 10.1. The lowest BCUT2D eigenvalue weighted by molar-refractivity contribution is -0.115. The minimum Gasteiger partial charge on any atom is -0.325 e. The predicted molar refractivity (Wildman–Crippen MR) is 141 cm³/mol. The monoisotopic (exact) mass is 552 g/mol. The van der Waals surface area contributed by atoms with Gasteiger partial charge in [0.2, 0.25) is 5.91 Å². The first-order valence-electron chi connectivity index (χ1n) is 10.1. The predicted octanol–water partition coefficient (Wildman–Crippen LogP) is 6.82. The van der Waals surface area contributed by atoms with Gasteiger partial charge >= 0.3 is 0 Å². The number of carbonyl (C=O) groups is 2. The molecule has 0 aromatic heterocycles. The number of anilines is 2. The van der Waals surface area contributed by atoms with Gasteiger partial charge in [-0.1, -0.05) is 30.3 Å². The molecule has 0 bridgehead atoms. The summed E-state index contributed by atoms with van der Waals surface area (Å²) in [5.74, 6) is -0.202. The fraction of sp³-hybridized carbons (Fsp3) is 0.0769. The molecule has 0 aliphatic carbocycles. The number of hydrogen-bond acceptors (Lipinski definition) is 3. The van der Waals surface area contributed by atoms with Gasteiger partial charge < -0.3 is 10.6 Å². The highest BCUT2D eigenvalue weighted by atomic mass is 127. The van der Waals surface area contributed by atoms with E-state index < -0.39 is 0 Å². The van der Waals surface area contributed by atoms with Crippen LogP contribution < -0.4 is 10.6 Å². The van der Waals surface area contributed by atoms with Crippen LogP contribution in [0.2, 0.25) is 0 Å². The molecule has 0 heterocycles. The van der Waals surface area contributed by atoms with Crippen molar-refractivity contribution < 1.29 is 9.59 Å². The molecule has 4 rings (SSSR count). The normalized spacial score (nSPS) is 11.7. The SMILES string of the molecule is CC(Sc1ccc(NC(=O)c2ccc3ccccc3c2)cc1)C(=O)Nc1ccc(I)cc1. The molecule has 32 heavy (non-hydrogen) atoms. The molecule has 0 saturated carbocycles. The molecule has 2 amide bonds. The second kappa shape index (κ2) is 10.2. The summed E-state index contributed by atoms with van der Waals surface area (Å²) in [4.78, 5) is 26.1. The van der Waals surface area contributed by atoms with E-state index in [1.165, 1.54) is 11.8 Å². The number of benzene rings is 4. The third kappa shape index (κ3) is 5.69. The summed E-state index contributed by atoms with van der Waals surface area (Å²) < 4.78 is 1.12. The van der Waals surface area contributed by atoms with E-state index in [-0.39, 0.29) is 17.1 Å². The molecule has 2 N–H and O–H groups in total. The van der Waals surface area contributed by atoms with Crippen LogP contribution in [0.3, 0.4) is 0 Å². The van der Waals surface area contributed by atoms with Crippen molar-refractivity contribution in [1.82, 2.24) is 0 Å². The van der Waals surface area contributed by atoms with Gasteiger partial charge in [0.05, 0.1) is 5.25 Å². The Hall–Kier alpha value is -2.84. The zero-order chi connectivity index (χ0) is 22.5. The van der Waals surface area contributed by atoms with Gasteiger partial charge in [0.1, 0.15) is 0 Å². The number of thioether (sulfide) groups is 1. The largest absolute Gasteiger partial charge is 0.325 e. The third-order valence-electron chi connectivity index (χ3n) is 4.92. The number of fused-ring (bicyclic) bond motifs is 1. The van der Waals surface area contributed by atoms with Gasteiger partial charge in [0, 0.05) is 25.4 Å². The fourth-order valence-corrected chi connectivity index (χ4v) is 4.41. The van der Waals surface area contributed by atoms with Crippen molar-refractivity contribution >= 4 is 68.3 Å². The lowest BCUT2D eigenvalue weighted by Crippen LogP contribution is -2.22. The Bertz CT molecular complexity index is 1260. The highest BCUT2D eigenvalue weighted by Gasteiger charge is 2.15. The fourth-order valence-electron chi connectivity index (χ4n) is 3.19. The molecule has 0 aliphatic heterocycles. The molecule has 4 aromatic carbocycles. The maximum atomic E-state index is 12.6. The van der Waals surface area contributed by atoms with Crippen molar-refractivity contribution in [2.75, 3.05) is 10.6 Å². The molecule has 0 aliphatic rings. The summed E-state index contributed by atoms with van der Waals surface area (Å²) >= 11 is 3.70. The van der Waals surface area contributed by atoms with Gasteiger partial charge in [-0.25, -0.2) is 0 Å². The molecule has 1 atom stereocenters. The number of halogens is 1. The summed E-state index contributed by atoms with van der Waals surface area (Å²) in [5, 5.41) is 7.75. The highest BCUT2D eigenvalue weighted by molar-refractivity contribution is 14.1. The van der Waals surface area contributed by atoms with Crippen molar-refractivity contribution in [1.29, 1.82) is 0 Å². The van der Waals surface area contributed by atoms with Crippen LogP contribution in [-0.2, 0) is 4.79 Å². The summed E-state index contributed by atoms with van der Waals surface area (Å²) in [5.41, 5.74) is 2.11. The first kappa shape index (κ1) is 22.4. The van der Waals surface area contributed by atoms with Crippen LogP contribution >= 0.6 is 34.4 Å². The van der Waals surface area contributed by atoms with Gasteiger partial charge in [-0.05, 0) is 101 Å². The minimum atomic E-state index is -0.257. The Morgan fingerprint density at radius 1 is 0.781 bits per heavy atom. The van der Waals surface area contributed by atoms with Crippen molar-refractivity contribution in [3.63, 3.8) is 0 Å². The van der Waals surface area contributed by atoms with Crippen LogP contribution in [0.15, 0.2) is 95.9 Å². The van der Waals surface area contributed by atoms with E-state index in [0.717, 1.165) is 24.9 Å². The molecule has 0 fully saturated rings. The number of carbonyl (C=O) groups excluding carboxylic acids is 2.